The highest BCUT2D eigenvalue weighted by molar-refractivity contribution is 5.73. The molecular formula is C18H22N2O5. The molecule has 7 nitrogen and oxygen atoms in total. The number of rotatable bonds is 3. The second-order valence-corrected chi connectivity index (χ2v) is 7.41. The minimum absolute atomic E-state index is 0.00941. The maximum absolute atomic E-state index is 12.7. The number of hydrogen-bond acceptors (Lipinski definition) is 6. The number of aromatic nitrogens is 1. The minimum atomic E-state index is -0.724. The Hall–Kier alpha value is -2.17. The van der Waals surface area contributed by atoms with Crippen LogP contribution in [0.15, 0.2) is 10.9 Å². The normalized spacial score (nSPS) is 23.9. The molecule has 25 heavy (non-hydrogen) atoms. The number of carbonyl (C=O) groups is 1. The Bertz CT molecular complexity index is 805. The summed E-state index contributed by atoms with van der Waals surface area (Å²) in [4.78, 5) is 35.6. The molecule has 1 aromatic rings. The number of carbonyl (C=O) groups excluding carboxylic acids is 1. The Labute approximate surface area is 146 Å². The minimum Gasteiger partial charge on any atom is -0.466 e. The Morgan fingerprint density at radius 3 is 2.88 bits per heavy atom. The molecule has 1 saturated heterocycles. The van der Waals surface area contributed by atoms with E-state index in [-0.39, 0.29) is 29.6 Å². The van der Waals surface area contributed by atoms with Crippen molar-refractivity contribution in [1.29, 1.82) is 5.26 Å². The van der Waals surface area contributed by atoms with Gasteiger partial charge in [-0.2, -0.15) is 5.26 Å². The molecule has 1 fully saturated rings. The molecule has 0 saturated carbocycles. The Balaban J connectivity index is 2.08. The van der Waals surface area contributed by atoms with Gasteiger partial charge in [-0.05, 0) is 30.4 Å². The van der Waals surface area contributed by atoms with Gasteiger partial charge in [0.05, 0.1) is 25.3 Å². The smallest absolute Gasteiger partial charge is 0.310 e. The number of fused-ring (bicyclic) bond motifs is 2. The van der Waals surface area contributed by atoms with Crippen molar-refractivity contribution in [2.75, 3.05) is 13.2 Å². The molecule has 0 radical (unpaired) electrons. The molecule has 1 unspecified atom stereocenters. The van der Waals surface area contributed by atoms with E-state index in [1.165, 1.54) is 0 Å². The molecule has 134 valence electrons. The van der Waals surface area contributed by atoms with Crippen LogP contribution in [-0.2, 0) is 37.9 Å². The van der Waals surface area contributed by atoms with E-state index in [1.807, 2.05) is 6.07 Å². The van der Waals surface area contributed by atoms with Gasteiger partial charge < -0.3 is 9.30 Å². The fourth-order valence-corrected chi connectivity index (χ4v) is 3.76. The van der Waals surface area contributed by atoms with E-state index in [9.17, 15) is 14.9 Å². The Morgan fingerprint density at radius 1 is 1.48 bits per heavy atom. The third-order valence-corrected chi connectivity index (χ3v) is 4.77. The van der Waals surface area contributed by atoms with E-state index in [0.29, 0.717) is 37.3 Å². The first-order valence-corrected chi connectivity index (χ1v) is 8.45. The highest BCUT2D eigenvalue weighted by Crippen LogP contribution is 2.47. The largest absolute Gasteiger partial charge is 0.466 e. The van der Waals surface area contributed by atoms with Crippen LogP contribution in [0.1, 0.15) is 50.4 Å². The number of hydrogen-bond donors (Lipinski definition) is 0. The van der Waals surface area contributed by atoms with E-state index >= 15 is 0 Å². The lowest BCUT2D eigenvalue weighted by Gasteiger charge is -2.41. The van der Waals surface area contributed by atoms with E-state index in [0.717, 1.165) is 0 Å². The molecule has 3 rings (SSSR count). The predicted octanol–water partition coefficient (Wildman–Crippen LogP) is 1.80. The Morgan fingerprint density at radius 2 is 2.24 bits per heavy atom. The number of ether oxygens (including phenoxy) is 1. The molecule has 3 heterocycles. The summed E-state index contributed by atoms with van der Waals surface area (Å²) in [5.41, 5.74) is -0.168. The van der Waals surface area contributed by atoms with Gasteiger partial charge in [0.2, 0.25) is 0 Å². The molecule has 7 heteroatoms. The second-order valence-electron chi connectivity index (χ2n) is 7.41. The summed E-state index contributed by atoms with van der Waals surface area (Å²) in [5.74, 6) is -0.462. The van der Waals surface area contributed by atoms with Crippen molar-refractivity contribution < 1.29 is 19.3 Å². The first-order chi connectivity index (χ1) is 11.8. The van der Waals surface area contributed by atoms with Crippen molar-refractivity contribution in [3.63, 3.8) is 0 Å². The van der Waals surface area contributed by atoms with Crippen LogP contribution >= 0.6 is 0 Å². The highest BCUT2D eigenvalue weighted by Gasteiger charge is 2.49. The average Bonchev–Trinajstić information content (AvgIpc) is 2.85. The fourth-order valence-electron chi connectivity index (χ4n) is 3.76. The van der Waals surface area contributed by atoms with E-state index < -0.39 is 11.6 Å². The molecule has 1 atom stereocenters. The summed E-state index contributed by atoms with van der Waals surface area (Å²) in [6, 6.07) is 3.67. The molecule has 2 aliphatic rings. The van der Waals surface area contributed by atoms with Crippen LogP contribution in [0.4, 0.5) is 0 Å². The third kappa shape index (κ3) is 3.08. The number of nitriles is 1. The maximum atomic E-state index is 12.7. The van der Waals surface area contributed by atoms with Gasteiger partial charge >= 0.3 is 5.97 Å². The summed E-state index contributed by atoms with van der Waals surface area (Å²) in [6.07, 6.45) is 1.18. The molecule has 1 spiro atoms. The lowest BCUT2D eigenvalue weighted by atomic mass is 9.77. The van der Waals surface area contributed by atoms with Crippen molar-refractivity contribution >= 4 is 5.97 Å². The van der Waals surface area contributed by atoms with Crippen LogP contribution in [0.5, 0.6) is 0 Å². The van der Waals surface area contributed by atoms with Crippen molar-refractivity contribution in [1.82, 2.24) is 4.57 Å². The van der Waals surface area contributed by atoms with Gasteiger partial charge in [-0.15, -0.1) is 0 Å². The van der Waals surface area contributed by atoms with Crippen LogP contribution in [-0.4, -0.2) is 23.8 Å². The molecule has 0 N–H and O–H groups in total. The van der Waals surface area contributed by atoms with Gasteiger partial charge in [0.25, 0.3) is 5.56 Å². The van der Waals surface area contributed by atoms with E-state index in [1.54, 1.807) is 17.6 Å². The predicted molar refractivity (Wildman–Crippen MR) is 87.5 cm³/mol. The third-order valence-electron chi connectivity index (χ3n) is 4.77. The maximum Gasteiger partial charge on any atom is 0.310 e. The zero-order chi connectivity index (χ0) is 18.2. The quantitative estimate of drug-likeness (QED) is 0.612. The Kier molecular flexibility index (Phi) is 4.43. The number of esters is 1. The van der Waals surface area contributed by atoms with Gasteiger partial charge in [0.15, 0.2) is 0 Å². The van der Waals surface area contributed by atoms with Crippen LogP contribution in [0.25, 0.3) is 0 Å². The van der Waals surface area contributed by atoms with Gasteiger partial charge in [0, 0.05) is 13.0 Å². The monoisotopic (exact) mass is 346 g/mol. The molecule has 0 bridgehead atoms. The van der Waals surface area contributed by atoms with Gasteiger partial charge in [-0.3, -0.25) is 9.59 Å². The first kappa shape index (κ1) is 17.6. The van der Waals surface area contributed by atoms with Crippen LogP contribution in [0.3, 0.4) is 0 Å². The van der Waals surface area contributed by atoms with Crippen molar-refractivity contribution in [2.45, 2.75) is 52.2 Å². The average molecular weight is 346 g/mol. The summed E-state index contributed by atoms with van der Waals surface area (Å²) < 4.78 is 6.53. The topological polar surface area (TPSA) is 90.6 Å². The molecule has 2 aliphatic heterocycles. The lowest BCUT2D eigenvalue weighted by molar-refractivity contribution is -0.410. The fraction of sp³-hybridized carbons (Fsp3) is 0.611. The molecule has 1 aromatic heterocycles. The summed E-state index contributed by atoms with van der Waals surface area (Å²) in [6.45, 7) is 7.07. The van der Waals surface area contributed by atoms with Gasteiger partial charge in [0.1, 0.15) is 17.2 Å². The molecular weight excluding hydrogens is 324 g/mol. The van der Waals surface area contributed by atoms with Crippen molar-refractivity contribution in [3.05, 3.63) is 33.2 Å². The standard InChI is InChI=1S/C18H22N2O5/c1-4-23-15(21)8-12-7-14-18(10-17(2,3)11-24-25-18)5-6-20(14)16(22)13(12)9-19/h7H,4-6,8,10-11H2,1-3H3. The molecule has 0 aromatic carbocycles. The highest BCUT2D eigenvalue weighted by atomic mass is 17.2. The van der Waals surface area contributed by atoms with E-state index in [4.69, 9.17) is 14.5 Å². The zero-order valence-electron chi connectivity index (χ0n) is 14.8. The van der Waals surface area contributed by atoms with Gasteiger partial charge in [-0.1, -0.05) is 13.8 Å². The van der Waals surface area contributed by atoms with Crippen LogP contribution in [0.2, 0.25) is 0 Å². The number of nitrogens with zero attached hydrogens (tertiary/aromatic N) is 2. The van der Waals surface area contributed by atoms with Crippen molar-refractivity contribution in [2.24, 2.45) is 5.41 Å². The lowest BCUT2D eigenvalue weighted by Crippen LogP contribution is -2.42. The van der Waals surface area contributed by atoms with Crippen LogP contribution in [0, 0.1) is 16.7 Å². The molecule has 0 amide bonds. The summed E-state index contributed by atoms with van der Waals surface area (Å²) >= 11 is 0. The second kappa shape index (κ2) is 6.28. The first-order valence-electron chi connectivity index (χ1n) is 8.45. The summed E-state index contributed by atoms with van der Waals surface area (Å²) in [7, 11) is 0. The zero-order valence-corrected chi connectivity index (χ0v) is 14.8. The SMILES string of the molecule is CCOC(=O)Cc1cc2n(c(=O)c1C#N)CCC21CC(C)(C)COO1. The van der Waals surface area contributed by atoms with Crippen molar-refractivity contribution in [3.8, 4) is 6.07 Å². The molecule has 0 aliphatic carbocycles. The van der Waals surface area contributed by atoms with Crippen LogP contribution < -0.4 is 5.56 Å². The number of pyridine rings is 1. The van der Waals surface area contributed by atoms with Gasteiger partial charge in [-0.25, -0.2) is 9.78 Å². The summed E-state index contributed by atoms with van der Waals surface area (Å²) in [5, 5.41) is 9.39. The van der Waals surface area contributed by atoms with E-state index in [2.05, 4.69) is 13.8 Å².